The van der Waals surface area contributed by atoms with E-state index in [1.165, 1.54) is 24.3 Å². The lowest BCUT2D eigenvalue weighted by Crippen LogP contribution is -2.36. The second-order valence-electron chi connectivity index (χ2n) is 4.69. The van der Waals surface area contributed by atoms with Crippen molar-refractivity contribution in [1.29, 1.82) is 0 Å². The first-order valence-electron chi connectivity index (χ1n) is 6.58. The maximum atomic E-state index is 13.2. The Balaban J connectivity index is 2.05. The number of nitrogens with zero attached hydrogens (tertiary/aromatic N) is 2. The second kappa shape index (κ2) is 6.32. The number of halogens is 1. The lowest BCUT2D eigenvalue weighted by atomic mass is 10.2. The summed E-state index contributed by atoms with van der Waals surface area (Å²) in [6, 6.07) is 5.67. The molecule has 0 unspecified atom stereocenters. The monoisotopic (exact) mass is 276 g/mol. The zero-order valence-corrected chi connectivity index (χ0v) is 11.2. The second-order valence-corrected chi connectivity index (χ2v) is 4.69. The molecule has 1 aromatic rings. The van der Waals surface area contributed by atoms with Crippen molar-refractivity contribution in [2.24, 2.45) is 0 Å². The Hall–Kier alpha value is -2.17. The fraction of sp³-hybridized carbons (Fsp3) is 0.333. The van der Waals surface area contributed by atoms with Crippen LogP contribution in [0.1, 0.15) is 16.8 Å². The Morgan fingerprint density at radius 2 is 1.85 bits per heavy atom. The van der Waals surface area contributed by atoms with Gasteiger partial charge in [0.15, 0.2) is 0 Å². The molecule has 2 rings (SSSR count). The van der Waals surface area contributed by atoms with E-state index in [0.717, 1.165) is 0 Å². The van der Waals surface area contributed by atoms with Crippen LogP contribution in [0.25, 0.3) is 0 Å². The summed E-state index contributed by atoms with van der Waals surface area (Å²) in [7, 11) is 0. The van der Waals surface area contributed by atoms with Gasteiger partial charge < -0.3 is 9.80 Å². The number of carbonyl (C=O) groups excluding carboxylic acids is 2. The van der Waals surface area contributed by atoms with Crippen LogP contribution in [0.15, 0.2) is 36.9 Å². The number of benzene rings is 1. The zero-order chi connectivity index (χ0) is 14.5. The van der Waals surface area contributed by atoms with Crippen LogP contribution in [0.5, 0.6) is 0 Å². The molecule has 0 spiro atoms. The molecule has 1 heterocycles. The van der Waals surface area contributed by atoms with Gasteiger partial charge in [-0.3, -0.25) is 9.59 Å². The van der Waals surface area contributed by atoms with Crippen LogP contribution < -0.4 is 0 Å². The molecule has 1 aromatic carbocycles. The first-order chi connectivity index (χ1) is 9.61. The number of rotatable bonds is 2. The smallest absolute Gasteiger partial charge is 0.254 e. The summed E-state index contributed by atoms with van der Waals surface area (Å²) in [6.07, 6.45) is 1.99. The summed E-state index contributed by atoms with van der Waals surface area (Å²) >= 11 is 0. The molecule has 5 heteroatoms. The van der Waals surface area contributed by atoms with Gasteiger partial charge in [0, 0.05) is 31.7 Å². The minimum Gasteiger partial charge on any atom is -0.337 e. The largest absolute Gasteiger partial charge is 0.337 e. The fourth-order valence-electron chi connectivity index (χ4n) is 2.27. The third-order valence-electron chi connectivity index (χ3n) is 3.34. The van der Waals surface area contributed by atoms with Crippen molar-refractivity contribution < 1.29 is 14.0 Å². The number of hydrogen-bond acceptors (Lipinski definition) is 2. The Bertz CT molecular complexity index is 530. The summed E-state index contributed by atoms with van der Waals surface area (Å²) in [4.78, 5) is 27.2. The van der Waals surface area contributed by atoms with Gasteiger partial charge in [-0.15, -0.1) is 0 Å². The van der Waals surface area contributed by atoms with Crippen molar-refractivity contribution in [3.8, 4) is 0 Å². The van der Waals surface area contributed by atoms with E-state index in [-0.39, 0.29) is 11.8 Å². The highest BCUT2D eigenvalue weighted by molar-refractivity contribution is 5.94. The molecule has 1 aliphatic heterocycles. The van der Waals surface area contributed by atoms with Crippen molar-refractivity contribution in [3.63, 3.8) is 0 Å². The van der Waals surface area contributed by atoms with Crippen LogP contribution >= 0.6 is 0 Å². The van der Waals surface area contributed by atoms with Crippen molar-refractivity contribution in [2.75, 3.05) is 26.2 Å². The number of amides is 2. The SMILES string of the molecule is C=CC(=O)N1CCCN(C(=O)c2cccc(F)c2)CC1. The maximum absolute atomic E-state index is 13.2. The third kappa shape index (κ3) is 3.23. The summed E-state index contributed by atoms with van der Waals surface area (Å²) in [6.45, 7) is 5.57. The predicted octanol–water partition coefficient (Wildman–Crippen LogP) is 1.69. The molecule has 2 amide bonds. The summed E-state index contributed by atoms with van der Waals surface area (Å²) in [5, 5.41) is 0. The lowest BCUT2D eigenvalue weighted by molar-refractivity contribution is -0.125. The maximum Gasteiger partial charge on any atom is 0.254 e. The zero-order valence-electron chi connectivity index (χ0n) is 11.2. The van der Waals surface area contributed by atoms with Crippen LogP contribution in [0.2, 0.25) is 0 Å². The van der Waals surface area contributed by atoms with Crippen molar-refractivity contribution in [1.82, 2.24) is 9.80 Å². The highest BCUT2D eigenvalue weighted by Crippen LogP contribution is 2.11. The summed E-state index contributed by atoms with van der Waals surface area (Å²) < 4.78 is 13.2. The molecule has 0 aliphatic carbocycles. The molecule has 1 aliphatic rings. The molecular weight excluding hydrogens is 259 g/mol. The van der Waals surface area contributed by atoms with Gasteiger partial charge in [0.05, 0.1) is 0 Å². The van der Waals surface area contributed by atoms with Crippen LogP contribution in [0.3, 0.4) is 0 Å². The molecule has 0 saturated carbocycles. The highest BCUT2D eigenvalue weighted by Gasteiger charge is 2.21. The predicted molar refractivity (Wildman–Crippen MR) is 73.7 cm³/mol. The van der Waals surface area contributed by atoms with E-state index in [1.54, 1.807) is 15.9 Å². The Labute approximate surface area is 117 Å². The van der Waals surface area contributed by atoms with Crippen molar-refractivity contribution in [2.45, 2.75) is 6.42 Å². The van der Waals surface area contributed by atoms with E-state index in [4.69, 9.17) is 0 Å². The molecule has 4 nitrogen and oxygen atoms in total. The average Bonchev–Trinajstić information content (AvgIpc) is 2.71. The molecular formula is C15H17FN2O2. The summed E-state index contributed by atoms with van der Waals surface area (Å²) in [5.74, 6) is -0.739. The first-order valence-corrected chi connectivity index (χ1v) is 6.58. The van der Waals surface area contributed by atoms with Gasteiger partial charge in [-0.1, -0.05) is 12.6 Å². The third-order valence-corrected chi connectivity index (χ3v) is 3.34. The van der Waals surface area contributed by atoms with Gasteiger partial charge >= 0.3 is 0 Å². The lowest BCUT2D eigenvalue weighted by Gasteiger charge is -2.21. The minimum atomic E-state index is -0.422. The van der Waals surface area contributed by atoms with Crippen LogP contribution in [-0.2, 0) is 4.79 Å². The molecule has 1 saturated heterocycles. The first kappa shape index (κ1) is 14.2. The molecule has 106 valence electrons. The Morgan fingerprint density at radius 3 is 2.55 bits per heavy atom. The van der Waals surface area contributed by atoms with Gasteiger partial charge in [0.1, 0.15) is 5.82 Å². The summed E-state index contributed by atoms with van der Waals surface area (Å²) in [5.41, 5.74) is 0.341. The topological polar surface area (TPSA) is 40.6 Å². The van der Waals surface area contributed by atoms with E-state index >= 15 is 0 Å². The van der Waals surface area contributed by atoms with Gasteiger partial charge in [0.25, 0.3) is 5.91 Å². The van der Waals surface area contributed by atoms with E-state index in [0.29, 0.717) is 38.2 Å². The number of carbonyl (C=O) groups is 2. The molecule has 0 atom stereocenters. The van der Waals surface area contributed by atoms with Crippen LogP contribution in [-0.4, -0.2) is 47.8 Å². The molecule has 0 bridgehead atoms. The molecule has 20 heavy (non-hydrogen) atoms. The van der Waals surface area contributed by atoms with E-state index in [2.05, 4.69) is 6.58 Å². The minimum absolute atomic E-state index is 0.120. The quantitative estimate of drug-likeness (QED) is 0.771. The molecule has 0 N–H and O–H groups in total. The molecule has 0 radical (unpaired) electrons. The van der Waals surface area contributed by atoms with Gasteiger partial charge in [-0.05, 0) is 30.7 Å². The van der Waals surface area contributed by atoms with Gasteiger partial charge in [-0.25, -0.2) is 4.39 Å². The fourth-order valence-corrected chi connectivity index (χ4v) is 2.27. The highest BCUT2D eigenvalue weighted by atomic mass is 19.1. The van der Waals surface area contributed by atoms with Gasteiger partial charge in [-0.2, -0.15) is 0 Å². The van der Waals surface area contributed by atoms with E-state index in [9.17, 15) is 14.0 Å². The standard InChI is InChI=1S/C15H17FN2O2/c1-2-14(19)17-7-4-8-18(10-9-17)15(20)12-5-3-6-13(16)11-12/h2-3,5-6,11H,1,4,7-10H2. The van der Waals surface area contributed by atoms with Crippen molar-refractivity contribution >= 4 is 11.8 Å². The molecule has 0 aromatic heterocycles. The van der Waals surface area contributed by atoms with Crippen LogP contribution in [0.4, 0.5) is 4.39 Å². The van der Waals surface area contributed by atoms with E-state index in [1.807, 2.05) is 0 Å². The Kier molecular flexibility index (Phi) is 4.50. The normalized spacial score (nSPS) is 15.7. The average molecular weight is 276 g/mol. The molecule has 1 fully saturated rings. The van der Waals surface area contributed by atoms with Crippen molar-refractivity contribution in [3.05, 3.63) is 48.3 Å². The Morgan fingerprint density at radius 1 is 1.15 bits per heavy atom. The van der Waals surface area contributed by atoms with Crippen LogP contribution in [0, 0.1) is 5.82 Å². The van der Waals surface area contributed by atoms with Gasteiger partial charge in [0.2, 0.25) is 5.91 Å². The number of hydrogen-bond donors (Lipinski definition) is 0. The van der Waals surface area contributed by atoms with E-state index < -0.39 is 5.82 Å².